The molecule has 0 spiro atoms. The molecule has 0 amide bonds. The lowest BCUT2D eigenvalue weighted by molar-refractivity contribution is 0.465. The smallest absolute Gasteiger partial charge is 0.000454 e. The van der Waals surface area contributed by atoms with Crippen molar-refractivity contribution in [3.05, 3.63) is 0 Å². The third-order valence-electron chi connectivity index (χ3n) is 6.59. The highest BCUT2D eigenvalue weighted by molar-refractivity contribution is 8.38. The fraction of sp³-hybridized carbons (Fsp3) is 0.905. The molecule has 3 saturated carbocycles. The van der Waals surface area contributed by atoms with Gasteiger partial charge in [-0.25, -0.2) is 0 Å². The predicted molar refractivity (Wildman–Crippen MR) is 102 cm³/mol. The maximum Gasteiger partial charge on any atom is -0.000454 e. The van der Waals surface area contributed by atoms with Crippen LogP contribution in [0.4, 0.5) is 0 Å². The molecule has 22 heavy (non-hydrogen) atoms. The Bertz CT molecular complexity index is 338. The highest BCUT2D eigenvalue weighted by atomic mass is 32.3. The van der Waals surface area contributed by atoms with Crippen molar-refractivity contribution in [1.29, 1.82) is 0 Å². The monoisotopic (exact) mass is 320 g/mol. The molecule has 0 N–H and O–H groups in total. The summed E-state index contributed by atoms with van der Waals surface area (Å²) in [5.74, 6) is 3.49. The van der Waals surface area contributed by atoms with Gasteiger partial charge in [-0.2, -0.15) is 10.0 Å². The van der Waals surface area contributed by atoms with Crippen LogP contribution in [0.5, 0.6) is 0 Å². The second-order valence-corrected chi connectivity index (χ2v) is 11.6. The van der Waals surface area contributed by atoms with Crippen LogP contribution in [-0.2, 0) is 0 Å². The predicted octanol–water partition coefficient (Wildman–Crippen LogP) is 6.77. The van der Waals surface area contributed by atoms with Crippen molar-refractivity contribution in [3.63, 3.8) is 0 Å². The van der Waals surface area contributed by atoms with E-state index in [0.29, 0.717) is 0 Å². The Morgan fingerprint density at radius 3 is 1.14 bits per heavy atom. The molecule has 3 aliphatic carbocycles. The van der Waals surface area contributed by atoms with E-state index in [1.807, 2.05) is 0 Å². The second-order valence-electron chi connectivity index (χ2n) is 7.89. The Kier molecular flexibility index (Phi) is 6.20. The lowest BCUT2D eigenvalue weighted by atomic mass is 9.99. The Labute approximate surface area is 140 Å². The zero-order chi connectivity index (χ0) is 15.3. The molecule has 1 heteroatoms. The van der Waals surface area contributed by atoms with Gasteiger partial charge in [0.25, 0.3) is 0 Å². The molecule has 0 atom stereocenters. The topological polar surface area (TPSA) is 0 Å². The van der Waals surface area contributed by atoms with Crippen LogP contribution in [-0.4, -0.2) is 15.7 Å². The molecule has 126 valence electrons. The number of rotatable bonds is 3. The van der Waals surface area contributed by atoms with Crippen molar-refractivity contribution in [2.24, 2.45) is 0 Å². The fourth-order valence-electron chi connectivity index (χ4n) is 5.61. The quantitative estimate of drug-likeness (QED) is 0.503. The summed E-state index contributed by atoms with van der Waals surface area (Å²) in [6.45, 7) is 2.14. The van der Waals surface area contributed by atoms with Gasteiger partial charge in [0.1, 0.15) is 0 Å². The van der Waals surface area contributed by atoms with E-state index in [1.165, 1.54) is 96.3 Å². The molecule has 3 aliphatic rings. The molecule has 3 fully saturated rings. The largest absolute Gasteiger partial charge is 0.169 e. The number of hydrogen-bond acceptors (Lipinski definition) is 0. The number of hydrogen-bond donors (Lipinski definition) is 0. The molecule has 0 saturated heterocycles. The SMILES string of the molecule is CC#CS(C1CCCCC1)(C1CCCCC1)C1CCCCC1. The van der Waals surface area contributed by atoms with Crippen LogP contribution < -0.4 is 0 Å². The highest BCUT2D eigenvalue weighted by Gasteiger charge is 2.45. The zero-order valence-electron chi connectivity index (χ0n) is 14.7. The van der Waals surface area contributed by atoms with E-state index in [4.69, 9.17) is 0 Å². The standard InChI is InChI=1S/C21H36S/c1-2-18-22(19-12-6-3-7-13-19,20-14-8-4-9-15-20)21-16-10-5-11-17-21/h19-21H,3-17H2,1H3. The summed E-state index contributed by atoms with van der Waals surface area (Å²) in [5, 5.41) is 7.04. The molecular formula is C21H36S. The lowest BCUT2D eigenvalue weighted by Gasteiger charge is -2.56. The Balaban J connectivity index is 1.93. The van der Waals surface area contributed by atoms with Crippen molar-refractivity contribution >= 4 is 10.0 Å². The maximum absolute atomic E-state index is 4.04. The molecule has 3 rings (SSSR count). The van der Waals surface area contributed by atoms with E-state index in [2.05, 4.69) is 18.1 Å². The van der Waals surface area contributed by atoms with E-state index < -0.39 is 10.0 Å². The average Bonchev–Trinajstić information content (AvgIpc) is 2.62. The van der Waals surface area contributed by atoms with E-state index in [9.17, 15) is 0 Å². The van der Waals surface area contributed by atoms with Crippen LogP contribution in [0.2, 0.25) is 0 Å². The summed E-state index contributed by atoms with van der Waals surface area (Å²) in [5.41, 5.74) is 0. The summed E-state index contributed by atoms with van der Waals surface area (Å²) in [4.78, 5) is 0. The van der Waals surface area contributed by atoms with Crippen LogP contribution in [0, 0.1) is 11.2 Å². The lowest BCUT2D eigenvalue weighted by Crippen LogP contribution is -2.39. The van der Waals surface area contributed by atoms with Gasteiger partial charge in [-0.3, -0.25) is 0 Å². The van der Waals surface area contributed by atoms with Crippen LogP contribution in [0.1, 0.15) is 103 Å². The molecule has 0 radical (unpaired) electrons. The first-order valence-electron chi connectivity index (χ1n) is 10.1. The van der Waals surface area contributed by atoms with Crippen LogP contribution in [0.3, 0.4) is 0 Å². The fourth-order valence-corrected chi connectivity index (χ4v) is 11.4. The third-order valence-corrected chi connectivity index (χ3v) is 11.9. The molecule has 0 aliphatic heterocycles. The van der Waals surface area contributed by atoms with E-state index in [-0.39, 0.29) is 0 Å². The molecule has 0 bridgehead atoms. The van der Waals surface area contributed by atoms with E-state index in [1.54, 1.807) is 0 Å². The van der Waals surface area contributed by atoms with E-state index >= 15 is 0 Å². The molecule has 0 heterocycles. The molecular weight excluding hydrogens is 284 g/mol. The zero-order valence-corrected chi connectivity index (χ0v) is 15.6. The van der Waals surface area contributed by atoms with E-state index in [0.717, 1.165) is 15.7 Å². The van der Waals surface area contributed by atoms with Gasteiger partial charge in [-0.05, 0) is 61.2 Å². The second kappa shape index (κ2) is 8.14. The molecule has 0 unspecified atom stereocenters. The highest BCUT2D eigenvalue weighted by Crippen LogP contribution is 2.68. The summed E-state index contributed by atoms with van der Waals surface area (Å²) in [7, 11) is -0.713. The van der Waals surface area contributed by atoms with Crippen molar-refractivity contribution in [1.82, 2.24) is 0 Å². The normalized spacial score (nSPS) is 27.1. The van der Waals surface area contributed by atoms with Gasteiger partial charge in [-0.1, -0.05) is 69.0 Å². The van der Waals surface area contributed by atoms with Crippen molar-refractivity contribution in [3.8, 4) is 11.2 Å². The van der Waals surface area contributed by atoms with Gasteiger partial charge >= 0.3 is 0 Å². The minimum Gasteiger partial charge on any atom is -0.169 e. The summed E-state index contributed by atoms with van der Waals surface area (Å²) in [6, 6.07) is 0. The van der Waals surface area contributed by atoms with Gasteiger partial charge in [0.2, 0.25) is 0 Å². The Morgan fingerprint density at radius 2 is 0.864 bits per heavy atom. The van der Waals surface area contributed by atoms with Crippen LogP contribution >= 0.6 is 10.0 Å². The van der Waals surface area contributed by atoms with Crippen molar-refractivity contribution < 1.29 is 0 Å². The summed E-state index contributed by atoms with van der Waals surface area (Å²) in [6.07, 6.45) is 22.5. The first-order chi connectivity index (χ1) is 10.9. The maximum atomic E-state index is 4.04. The van der Waals surface area contributed by atoms with Gasteiger partial charge < -0.3 is 0 Å². The van der Waals surface area contributed by atoms with Gasteiger partial charge in [0.05, 0.1) is 0 Å². The summed E-state index contributed by atoms with van der Waals surface area (Å²) >= 11 is 0. The van der Waals surface area contributed by atoms with Gasteiger partial charge in [-0.15, -0.1) is 0 Å². The average molecular weight is 321 g/mol. The minimum absolute atomic E-state index is 0.713. The Morgan fingerprint density at radius 1 is 0.545 bits per heavy atom. The van der Waals surface area contributed by atoms with Gasteiger partial charge in [0.15, 0.2) is 0 Å². The third kappa shape index (κ3) is 3.38. The first kappa shape index (κ1) is 16.8. The van der Waals surface area contributed by atoms with Gasteiger partial charge in [0, 0.05) is 0 Å². The van der Waals surface area contributed by atoms with Crippen molar-refractivity contribution in [2.45, 2.75) is 119 Å². The van der Waals surface area contributed by atoms with Crippen LogP contribution in [0.15, 0.2) is 0 Å². The molecule has 0 aromatic carbocycles. The minimum atomic E-state index is -0.713. The Hall–Kier alpha value is -0.0900. The molecule has 0 aromatic heterocycles. The first-order valence-corrected chi connectivity index (χ1v) is 11.9. The van der Waals surface area contributed by atoms with Crippen LogP contribution in [0.25, 0.3) is 0 Å². The van der Waals surface area contributed by atoms with Crippen molar-refractivity contribution in [2.75, 3.05) is 0 Å². The molecule has 0 nitrogen and oxygen atoms in total. The molecule has 0 aromatic rings. The summed E-state index contributed by atoms with van der Waals surface area (Å²) < 4.78 is 0.